The zero-order valence-corrected chi connectivity index (χ0v) is 19.9. The third-order valence-electron chi connectivity index (χ3n) is 5.22. The molecule has 7 nitrogen and oxygen atoms in total. The van der Waals surface area contributed by atoms with Gasteiger partial charge in [-0.05, 0) is 48.4 Å². The maximum atomic E-state index is 12.5. The van der Waals surface area contributed by atoms with Gasteiger partial charge < -0.3 is 14.8 Å². The molecule has 0 unspecified atom stereocenters. The first-order valence-corrected chi connectivity index (χ1v) is 11.8. The predicted octanol–water partition coefficient (Wildman–Crippen LogP) is 4.40. The number of para-hydroxylation sites is 2. The zero-order valence-electron chi connectivity index (χ0n) is 19.1. The summed E-state index contributed by atoms with van der Waals surface area (Å²) >= 11 is 1.34. The number of ether oxygens (including phenoxy) is 2. The number of benzene rings is 3. The van der Waals surface area contributed by atoms with Gasteiger partial charge in [-0.2, -0.15) is 0 Å². The largest absolute Gasteiger partial charge is 0.497 e. The Bertz CT molecular complexity index is 1230. The summed E-state index contributed by atoms with van der Waals surface area (Å²) in [7, 11) is 3.26. The van der Waals surface area contributed by atoms with Crippen LogP contribution in [0.1, 0.15) is 5.56 Å². The van der Waals surface area contributed by atoms with Gasteiger partial charge in [0.05, 0.1) is 25.7 Å². The van der Waals surface area contributed by atoms with Crippen molar-refractivity contribution < 1.29 is 14.3 Å². The number of hydrogen-bond donors (Lipinski definition) is 1. The van der Waals surface area contributed by atoms with Gasteiger partial charge in [-0.1, -0.05) is 54.2 Å². The summed E-state index contributed by atoms with van der Waals surface area (Å²) in [5.41, 5.74) is 2.86. The molecule has 4 rings (SSSR count). The van der Waals surface area contributed by atoms with Crippen LogP contribution in [0.4, 0.5) is 0 Å². The second-order valence-electron chi connectivity index (χ2n) is 7.42. The van der Waals surface area contributed by atoms with Crippen molar-refractivity contribution in [1.29, 1.82) is 0 Å². The number of carbonyl (C=O) groups excluding carboxylic acids is 1. The molecule has 0 radical (unpaired) electrons. The molecule has 0 spiro atoms. The van der Waals surface area contributed by atoms with Gasteiger partial charge in [0.15, 0.2) is 11.0 Å². The van der Waals surface area contributed by atoms with E-state index in [9.17, 15) is 4.79 Å². The summed E-state index contributed by atoms with van der Waals surface area (Å²) in [6, 6.07) is 25.4. The molecule has 1 aromatic heterocycles. The Hall–Kier alpha value is -3.78. The lowest BCUT2D eigenvalue weighted by atomic mass is 10.1. The Kier molecular flexibility index (Phi) is 7.83. The van der Waals surface area contributed by atoms with Crippen LogP contribution >= 0.6 is 11.8 Å². The minimum Gasteiger partial charge on any atom is -0.497 e. The Morgan fingerprint density at radius 1 is 0.912 bits per heavy atom. The van der Waals surface area contributed by atoms with Crippen LogP contribution in [0.25, 0.3) is 17.1 Å². The van der Waals surface area contributed by atoms with E-state index in [0.717, 1.165) is 23.4 Å². The summed E-state index contributed by atoms with van der Waals surface area (Å²) < 4.78 is 12.8. The maximum Gasteiger partial charge on any atom is 0.230 e. The second kappa shape index (κ2) is 11.4. The second-order valence-corrected chi connectivity index (χ2v) is 8.36. The fourth-order valence-corrected chi connectivity index (χ4v) is 4.27. The molecular formula is C26H26N4O3S. The molecule has 0 aliphatic rings. The Morgan fingerprint density at radius 2 is 1.65 bits per heavy atom. The molecule has 174 valence electrons. The van der Waals surface area contributed by atoms with Gasteiger partial charge in [0.1, 0.15) is 11.5 Å². The molecule has 1 heterocycles. The highest BCUT2D eigenvalue weighted by Gasteiger charge is 2.19. The quantitative estimate of drug-likeness (QED) is 0.343. The van der Waals surface area contributed by atoms with Crippen LogP contribution in [0.5, 0.6) is 11.5 Å². The highest BCUT2D eigenvalue weighted by molar-refractivity contribution is 7.99. The van der Waals surface area contributed by atoms with Crippen molar-refractivity contribution in [3.05, 3.63) is 84.4 Å². The van der Waals surface area contributed by atoms with Crippen LogP contribution in [0, 0.1) is 0 Å². The van der Waals surface area contributed by atoms with Crippen LogP contribution in [-0.2, 0) is 11.2 Å². The number of rotatable bonds is 10. The van der Waals surface area contributed by atoms with Crippen molar-refractivity contribution in [2.75, 3.05) is 26.5 Å². The number of amides is 1. The van der Waals surface area contributed by atoms with Gasteiger partial charge >= 0.3 is 0 Å². The fraction of sp³-hybridized carbons (Fsp3) is 0.192. The lowest BCUT2D eigenvalue weighted by molar-refractivity contribution is -0.118. The Balaban J connectivity index is 1.53. The molecule has 0 bridgehead atoms. The minimum absolute atomic E-state index is 0.0542. The van der Waals surface area contributed by atoms with Crippen molar-refractivity contribution in [2.24, 2.45) is 0 Å². The van der Waals surface area contributed by atoms with Crippen LogP contribution in [0.3, 0.4) is 0 Å². The van der Waals surface area contributed by atoms with E-state index in [1.54, 1.807) is 14.2 Å². The third-order valence-corrected chi connectivity index (χ3v) is 6.15. The van der Waals surface area contributed by atoms with E-state index in [2.05, 4.69) is 27.6 Å². The summed E-state index contributed by atoms with van der Waals surface area (Å²) in [5.74, 6) is 2.27. The van der Waals surface area contributed by atoms with Gasteiger partial charge in [-0.25, -0.2) is 0 Å². The minimum atomic E-state index is -0.0542. The number of carbonyl (C=O) groups is 1. The van der Waals surface area contributed by atoms with Crippen LogP contribution < -0.4 is 14.8 Å². The fourth-order valence-electron chi connectivity index (χ4n) is 3.49. The number of methoxy groups -OCH3 is 2. The predicted molar refractivity (Wildman–Crippen MR) is 134 cm³/mol. The highest BCUT2D eigenvalue weighted by Crippen LogP contribution is 2.33. The summed E-state index contributed by atoms with van der Waals surface area (Å²) in [4.78, 5) is 12.5. The van der Waals surface area contributed by atoms with Crippen molar-refractivity contribution in [3.63, 3.8) is 0 Å². The highest BCUT2D eigenvalue weighted by atomic mass is 32.2. The smallest absolute Gasteiger partial charge is 0.230 e. The van der Waals surface area contributed by atoms with Crippen LogP contribution in [0.2, 0.25) is 0 Å². The monoisotopic (exact) mass is 474 g/mol. The van der Waals surface area contributed by atoms with E-state index in [1.165, 1.54) is 17.3 Å². The number of nitrogens with one attached hydrogen (secondary N) is 1. The van der Waals surface area contributed by atoms with Crippen molar-refractivity contribution >= 4 is 17.7 Å². The van der Waals surface area contributed by atoms with E-state index in [4.69, 9.17) is 9.47 Å². The van der Waals surface area contributed by atoms with Crippen molar-refractivity contribution in [1.82, 2.24) is 20.1 Å². The normalized spacial score (nSPS) is 10.6. The topological polar surface area (TPSA) is 78.3 Å². The van der Waals surface area contributed by atoms with E-state index >= 15 is 0 Å². The van der Waals surface area contributed by atoms with Crippen LogP contribution in [0.15, 0.2) is 84.0 Å². The first kappa shape index (κ1) is 23.4. The van der Waals surface area contributed by atoms with Gasteiger partial charge in [0.25, 0.3) is 0 Å². The van der Waals surface area contributed by atoms with E-state index in [1.807, 2.05) is 71.3 Å². The van der Waals surface area contributed by atoms with E-state index in [0.29, 0.717) is 23.3 Å². The van der Waals surface area contributed by atoms with Gasteiger partial charge in [0.2, 0.25) is 5.91 Å². The van der Waals surface area contributed by atoms with Gasteiger partial charge in [-0.3, -0.25) is 9.36 Å². The average Bonchev–Trinajstić information content (AvgIpc) is 3.32. The molecule has 0 saturated heterocycles. The lowest BCUT2D eigenvalue weighted by Crippen LogP contribution is -2.27. The molecule has 0 saturated carbocycles. The van der Waals surface area contributed by atoms with E-state index < -0.39 is 0 Å². The van der Waals surface area contributed by atoms with Gasteiger partial charge in [-0.15, -0.1) is 10.2 Å². The molecule has 4 aromatic rings. The molecule has 0 aliphatic heterocycles. The number of thioether (sulfide) groups is 1. The Morgan fingerprint density at radius 3 is 2.38 bits per heavy atom. The Labute approximate surface area is 203 Å². The summed E-state index contributed by atoms with van der Waals surface area (Å²) in [6.07, 6.45) is 0.788. The molecule has 3 aromatic carbocycles. The molecule has 8 heteroatoms. The summed E-state index contributed by atoms with van der Waals surface area (Å²) in [5, 5.41) is 12.4. The molecule has 1 amide bonds. The number of aromatic nitrogens is 3. The lowest BCUT2D eigenvalue weighted by Gasteiger charge is -2.14. The average molecular weight is 475 g/mol. The summed E-state index contributed by atoms with van der Waals surface area (Å²) in [6.45, 7) is 0.583. The molecule has 1 N–H and O–H groups in total. The maximum absolute atomic E-state index is 12.5. The standard InChI is InChI=1S/C26H26N4O3S/c1-32-21-14-12-20(13-15-21)25-28-29-26(30(25)22-10-6-7-11-23(22)33-2)34-18-24(31)27-17-16-19-8-4-3-5-9-19/h3-15H,16-18H2,1-2H3,(H,27,31). The van der Waals surface area contributed by atoms with Crippen molar-refractivity contribution in [3.8, 4) is 28.6 Å². The molecule has 0 atom stereocenters. The number of nitrogens with zero attached hydrogens (tertiary/aromatic N) is 3. The SMILES string of the molecule is COc1ccc(-c2nnc(SCC(=O)NCCc3ccccc3)n2-c2ccccc2OC)cc1. The molecular weight excluding hydrogens is 448 g/mol. The number of hydrogen-bond acceptors (Lipinski definition) is 6. The first-order valence-electron chi connectivity index (χ1n) is 10.9. The first-order chi connectivity index (χ1) is 16.7. The van der Waals surface area contributed by atoms with Gasteiger partial charge in [0, 0.05) is 12.1 Å². The molecule has 0 aliphatic carbocycles. The molecule has 0 fully saturated rings. The third kappa shape index (κ3) is 5.58. The van der Waals surface area contributed by atoms with Crippen molar-refractivity contribution in [2.45, 2.75) is 11.6 Å². The van der Waals surface area contributed by atoms with E-state index in [-0.39, 0.29) is 11.7 Å². The van der Waals surface area contributed by atoms with Crippen LogP contribution in [-0.4, -0.2) is 47.2 Å². The molecule has 34 heavy (non-hydrogen) atoms. The zero-order chi connectivity index (χ0) is 23.8.